The highest BCUT2D eigenvalue weighted by Crippen LogP contribution is 2.47. The Morgan fingerprint density at radius 3 is 2.75 bits per heavy atom. The molecule has 1 nitrogen and oxygen atoms in total. The van der Waals surface area contributed by atoms with Crippen molar-refractivity contribution < 1.29 is 4.79 Å². The normalized spacial score (nSPS) is 39.0. The lowest BCUT2D eigenvalue weighted by Crippen LogP contribution is -2.32. The molecule has 3 aliphatic rings. The first-order valence-electron chi connectivity index (χ1n) is 5.05. The predicted octanol–water partition coefficient (Wildman–Crippen LogP) is 2.32. The minimum absolute atomic E-state index is 0.360. The van der Waals surface area contributed by atoms with Gasteiger partial charge in [0.15, 0.2) is 0 Å². The summed E-state index contributed by atoms with van der Waals surface area (Å²) < 4.78 is 0. The van der Waals surface area contributed by atoms with Crippen LogP contribution < -0.4 is 0 Å². The monoisotopic (exact) mass is 162 g/mol. The summed E-state index contributed by atoms with van der Waals surface area (Å²) in [4.78, 5) is 11.1. The number of carbonyl (C=O) groups excluding carboxylic acids is 1. The average Bonchev–Trinajstić information content (AvgIpc) is 2.76. The van der Waals surface area contributed by atoms with Crippen molar-refractivity contribution in [2.45, 2.75) is 32.1 Å². The van der Waals surface area contributed by atoms with Crippen LogP contribution in [0.3, 0.4) is 0 Å². The topological polar surface area (TPSA) is 17.1 Å². The third kappa shape index (κ3) is 0.954. The first-order chi connectivity index (χ1) is 5.83. The van der Waals surface area contributed by atoms with E-state index in [2.05, 4.69) is 6.08 Å². The maximum Gasteiger partial charge on any atom is 0.140 e. The molecule has 0 N–H and O–H groups in total. The first kappa shape index (κ1) is 6.88. The van der Waals surface area contributed by atoms with Crippen LogP contribution in [-0.2, 0) is 4.79 Å². The molecule has 0 radical (unpaired) electrons. The molecule has 0 heterocycles. The van der Waals surface area contributed by atoms with E-state index in [4.69, 9.17) is 0 Å². The number of fused-ring (bicyclic) bond motifs is 1. The molecular weight excluding hydrogens is 148 g/mol. The van der Waals surface area contributed by atoms with E-state index in [-0.39, 0.29) is 0 Å². The lowest BCUT2D eigenvalue weighted by atomic mass is 9.75. The molecule has 3 rings (SSSR count). The largest absolute Gasteiger partial charge is 0.299 e. The van der Waals surface area contributed by atoms with Crippen molar-refractivity contribution in [1.29, 1.82) is 0 Å². The van der Waals surface area contributed by atoms with E-state index in [1.165, 1.54) is 25.7 Å². The maximum atomic E-state index is 11.1. The molecule has 0 aliphatic heterocycles. The van der Waals surface area contributed by atoms with Gasteiger partial charge in [-0.15, -0.1) is 0 Å². The fraction of sp³-hybridized carbons (Fsp3) is 0.727. The number of hydrogen-bond donors (Lipinski definition) is 0. The van der Waals surface area contributed by atoms with Crippen molar-refractivity contribution in [3.05, 3.63) is 11.6 Å². The Kier molecular flexibility index (Phi) is 1.27. The Balaban J connectivity index is 1.68. The zero-order chi connectivity index (χ0) is 8.13. The second kappa shape index (κ2) is 2.21. The van der Waals surface area contributed by atoms with Crippen molar-refractivity contribution in [2.24, 2.45) is 17.8 Å². The van der Waals surface area contributed by atoms with E-state index >= 15 is 0 Å². The summed E-state index contributed by atoms with van der Waals surface area (Å²) in [6.07, 6.45) is 8.55. The number of Topliss-reactive ketones (excluding diaryl/α,β-unsaturated/α-hetero) is 1. The molecule has 2 atom stereocenters. The molecule has 3 aliphatic carbocycles. The van der Waals surface area contributed by atoms with Gasteiger partial charge in [-0.3, -0.25) is 4.79 Å². The van der Waals surface area contributed by atoms with E-state index in [1.54, 1.807) is 5.57 Å². The molecular formula is C11H14O. The van der Waals surface area contributed by atoms with Crippen molar-refractivity contribution in [1.82, 2.24) is 0 Å². The Morgan fingerprint density at radius 1 is 1.33 bits per heavy atom. The van der Waals surface area contributed by atoms with E-state index in [0.717, 1.165) is 18.3 Å². The third-order valence-corrected chi connectivity index (χ3v) is 3.53. The molecule has 0 aromatic rings. The summed E-state index contributed by atoms with van der Waals surface area (Å²) in [7, 11) is 0. The molecule has 0 aromatic carbocycles. The predicted molar refractivity (Wildman–Crippen MR) is 46.6 cm³/mol. The van der Waals surface area contributed by atoms with Gasteiger partial charge in [0.25, 0.3) is 0 Å². The van der Waals surface area contributed by atoms with Gasteiger partial charge in [0, 0.05) is 12.3 Å². The van der Waals surface area contributed by atoms with Crippen LogP contribution in [0.2, 0.25) is 0 Å². The second-order valence-electron chi connectivity index (χ2n) is 4.63. The van der Waals surface area contributed by atoms with Crippen LogP contribution in [0.1, 0.15) is 32.1 Å². The van der Waals surface area contributed by atoms with Crippen molar-refractivity contribution >= 4 is 5.78 Å². The van der Waals surface area contributed by atoms with E-state index in [9.17, 15) is 4.79 Å². The van der Waals surface area contributed by atoms with E-state index in [0.29, 0.717) is 11.7 Å². The standard InChI is InChI=1S/C11H14O/c12-11-6-9-4-8(5-10(9)11)3-7-1-2-7/h5,7,9-10H,1-4,6H2/t9-,10-/m1/s1. The minimum Gasteiger partial charge on any atom is -0.299 e. The van der Waals surface area contributed by atoms with Crippen molar-refractivity contribution in [3.63, 3.8) is 0 Å². The van der Waals surface area contributed by atoms with Crippen LogP contribution in [0.5, 0.6) is 0 Å². The molecule has 64 valence electrons. The summed E-state index contributed by atoms with van der Waals surface area (Å²) in [6, 6.07) is 0. The highest BCUT2D eigenvalue weighted by molar-refractivity contribution is 5.90. The van der Waals surface area contributed by atoms with Crippen LogP contribution >= 0.6 is 0 Å². The number of ketones is 1. The maximum absolute atomic E-state index is 11.1. The Labute approximate surface area is 72.8 Å². The molecule has 2 saturated carbocycles. The van der Waals surface area contributed by atoms with E-state index in [1.807, 2.05) is 0 Å². The lowest BCUT2D eigenvalue weighted by molar-refractivity contribution is -0.130. The van der Waals surface area contributed by atoms with Crippen LogP contribution in [0.15, 0.2) is 11.6 Å². The van der Waals surface area contributed by atoms with Gasteiger partial charge < -0.3 is 0 Å². The minimum atomic E-state index is 0.360. The number of rotatable bonds is 2. The van der Waals surface area contributed by atoms with Crippen molar-refractivity contribution in [2.75, 3.05) is 0 Å². The highest BCUT2D eigenvalue weighted by Gasteiger charge is 2.42. The molecule has 0 bridgehead atoms. The Bertz CT molecular complexity index is 260. The van der Waals surface area contributed by atoms with Crippen LogP contribution in [0.4, 0.5) is 0 Å². The van der Waals surface area contributed by atoms with Gasteiger partial charge in [-0.25, -0.2) is 0 Å². The van der Waals surface area contributed by atoms with Gasteiger partial charge in [0.1, 0.15) is 5.78 Å². The molecule has 0 spiro atoms. The zero-order valence-electron chi connectivity index (χ0n) is 7.25. The van der Waals surface area contributed by atoms with Crippen molar-refractivity contribution in [3.8, 4) is 0 Å². The van der Waals surface area contributed by atoms with Gasteiger partial charge in [-0.2, -0.15) is 0 Å². The molecule has 0 saturated heterocycles. The quantitative estimate of drug-likeness (QED) is 0.569. The van der Waals surface area contributed by atoms with Gasteiger partial charge >= 0.3 is 0 Å². The van der Waals surface area contributed by atoms with Crippen LogP contribution in [0, 0.1) is 17.8 Å². The fourth-order valence-electron chi connectivity index (χ4n) is 2.55. The summed E-state index contributed by atoms with van der Waals surface area (Å²) in [5, 5.41) is 0. The molecule has 12 heavy (non-hydrogen) atoms. The molecule has 2 fully saturated rings. The first-order valence-corrected chi connectivity index (χ1v) is 5.05. The molecule has 1 heteroatoms. The van der Waals surface area contributed by atoms with E-state index < -0.39 is 0 Å². The average molecular weight is 162 g/mol. The summed E-state index contributed by atoms with van der Waals surface area (Å²) >= 11 is 0. The summed E-state index contributed by atoms with van der Waals surface area (Å²) in [5.74, 6) is 2.57. The smallest absolute Gasteiger partial charge is 0.140 e. The Hall–Kier alpha value is -0.590. The zero-order valence-corrected chi connectivity index (χ0v) is 7.25. The number of carbonyl (C=O) groups is 1. The molecule has 0 amide bonds. The second-order valence-corrected chi connectivity index (χ2v) is 4.63. The van der Waals surface area contributed by atoms with Gasteiger partial charge in [-0.1, -0.05) is 11.6 Å². The summed E-state index contributed by atoms with van der Waals surface area (Å²) in [5.41, 5.74) is 1.60. The van der Waals surface area contributed by atoms with Gasteiger partial charge in [0.2, 0.25) is 0 Å². The van der Waals surface area contributed by atoms with Gasteiger partial charge in [-0.05, 0) is 37.5 Å². The van der Waals surface area contributed by atoms with Crippen LogP contribution in [-0.4, -0.2) is 5.78 Å². The summed E-state index contributed by atoms with van der Waals surface area (Å²) in [6.45, 7) is 0. The SMILES string of the molecule is O=C1C[C@H]2CC(CC3CC3)=C[C@@H]12. The Morgan fingerprint density at radius 2 is 2.17 bits per heavy atom. The molecule has 0 aromatic heterocycles. The molecule has 0 unspecified atom stereocenters. The number of allylic oxidation sites excluding steroid dienone is 2. The number of hydrogen-bond acceptors (Lipinski definition) is 1. The lowest BCUT2D eigenvalue weighted by Gasteiger charge is -2.27. The fourth-order valence-corrected chi connectivity index (χ4v) is 2.55. The van der Waals surface area contributed by atoms with Crippen LogP contribution in [0.25, 0.3) is 0 Å². The third-order valence-electron chi connectivity index (χ3n) is 3.53. The highest BCUT2D eigenvalue weighted by atomic mass is 16.1. The van der Waals surface area contributed by atoms with Gasteiger partial charge in [0.05, 0.1) is 0 Å².